The largest absolute Gasteiger partial charge is 0.381 e. The van der Waals surface area contributed by atoms with E-state index in [1.54, 1.807) is 14.2 Å². The fourth-order valence-electron chi connectivity index (χ4n) is 4.14. The van der Waals surface area contributed by atoms with Crippen LogP contribution in [-0.2, 0) is 23.8 Å². The minimum absolute atomic E-state index is 0.157. The standard InChI is InChI=1S/C18H30O5/c1-4-15(19)18(22-3)7-5-6-14(13-18)12-16(20)17(21-2)8-10-23-11-9-17/h14H,4-13H2,1-3H3. The molecule has 2 unspecified atom stereocenters. The van der Waals surface area contributed by atoms with Crippen molar-refractivity contribution in [1.82, 2.24) is 0 Å². The monoisotopic (exact) mass is 326 g/mol. The first-order chi connectivity index (χ1) is 11.0. The molecule has 2 aliphatic rings. The molecule has 1 aliphatic heterocycles. The third kappa shape index (κ3) is 3.83. The number of hydrogen-bond acceptors (Lipinski definition) is 5. The molecule has 0 amide bonds. The summed E-state index contributed by atoms with van der Waals surface area (Å²) in [4.78, 5) is 25.2. The van der Waals surface area contributed by atoms with Crippen molar-refractivity contribution in [3.63, 3.8) is 0 Å². The summed E-state index contributed by atoms with van der Waals surface area (Å²) in [6, 6.07) is 0. The van der Waals surface area contributed by atoms with E-state index in [-0.39, 0.29) is 17.5 Å². The SMILES string of the molecule is CCC(=O)C1(OC)CCCC(CC(=O)C2(OC)CCOCC2)C1. The summed E-state index contributed by atoms with van der Waals surface area (Å²) in [7, 11) is 3.23. The van der Waals surface area contributed by atoms with Crippen molar-refractivity contribution in [3.8, 4) is 0 Å². The fourth-order valence-corrected chi connectivity index (χ4v) is 4.14. The first kappa shape index (κ1) is 18.6. The molecule has 5 nitrogen and oxygen atoms in total. The lowest BCUT2D eigenvalue weighted by atomic mass is 9.72. The first-order valence-corrected chi connectivity index (χ1v) is 8.76. The number of methoxy groups -OCH3 is 2. The highest BCUT2D eigenvalue weighted by Crippen LogP contribution is 2.39. The lowest BCUT2D eigenvalue weighted by molar-refractivity contribution is -0.157. The minimum Gasteiger partial charge on any atom is -0.381 e. The highest BCUT2D eigenvalue weighted by atomic mass is 16.5. The van der Waals surface area contributed by atoms with E-state index in [1.165, 1.54) is 0 Å². The average molecular weight is 326 g/mol. The van der Waals surface area contributed by atoms with Crippen LogP contribution < -0.4 is 0 Å². The Labute approximate surface area is 139 Å². The van der Waals surface area contributed by atoms with Crippen LogP contribution in [0.3, 0.4) is 0 Å². The maximum Gasteiger partial charge on any atom is 0.165 e. The van der Waals surface area contributed by atoms with Gasteiger partial charge >= 0.3 is 0 Å². The zero-order chi connectivity index (χ0) is 16.9. The molecule has 1 saturated heterocycles. The fraction of sp³-hybridized carbons (Fsp3) is 0.889. The van der Waals surface area contributed by atoms with Crippen molar-refractivity contribution < 1.29 is 23.8 Å². The normalized spacial score (nSPS) is 30.8. The number of ketones is 2. The van der Waals surface area contributed by atoms with Gasteiger partial charge in [-0.2, -0.15) is 0 Å². The van der Waals surface area contributed by atoms with Gasteiger partial charge in [0.05, 0.1) is 0 Å². The van der Waals surface area contributed by atoms with Crippen LogP contribution in [0.4, 0.5) is 0 Å². The lowest BCUT2D eigenvalue weighted by Gasteiger charge is -2.40. The topological polar surface area (TPSA) is 61.8 Å². The molecule has 0 spiro atoms. The van der Waals surface area contributed by atoms with E-state index in [9.17, 15) is 9.59 Å². The summed E-state index contributed by atoms with van der Waals surface area (Å²) in [5, 5.41) is 0. The van der Waals surface area contributed by atoms with Gasteiger partial charge in [-0.1, -0.05) is 6.92 Å². The molecule has 0 N–H and O–H groups in total. The van der Waals surface area contributed by atoms with Crippen molar-refractivity contribution in [3.05, 3.63) is 0 Å². The van der Waals surface area contributed by atoms with Gasteiger partial charge in [-0.15, -0.1) is 0 Å². The van der Waals surface area contributed by atoms with E-state index in [0.717, 1.165) is 19.3 Å². The Bertz CT molecular complexity index is 427. The van der Waals surface area contributed by atoms with E-state index in [2.05, 4.69) is 0 Å². The molecule has 5 heteroatoms. The van der Waals surface area contributed by atoms with Crippen LogP contribution >= 0.6 is 0 Å². The second kappa shape index (κ2) is 7.86. The number of Topliss-reactive ketones (excluding diaryl/α,β-unsaturated/α-hetero) is 2. The van der Waals surface area contributed by atoms with Crippen LogP contribution in [-0.4, -0.2) is 50.2 Å². The maximum atomic E-state index is 12.9. The third-order valence-electron chi connectivity index (χ3n) is 5.70. The summed E-state index contributed by atoms with van der Waals surface area (Å²) in [5.74, 6) is 0.510. The Morgan fingerprint density at radius 1 is 1.04 bits per heavy atom. The molecule has 2 atom stereocenters. The van der Waals surface area contributed by atoms with Gasteiger partial charge in [0.15, 0.2) is 11.6 Å². The molecule has 23 heavy (non-hydrogen) atoms. The predicted octanol–water partition coefficient (Wildman–Crippen LogP) is 2.70. The quantitative estimate of drug-likeness (QED) is 0.720. The molecule has 0 bridgehead atoms. The van der Waals surface area contributed by atoms with Gasteiger partial charge in [0.25, 0.3) is 0 Å². The summed E-state index contributed by atoms with van der Waals surface area (Å²) in [6.07, 6.45) is 5.52. The molecular weight excluding hydrogens is 296 g/mol. The van der Waals surface area contributed by atoms with Gasteiger partial charge in [0.2, 0.25) is 0 Å². The smallest absolute Gasteiger partial charge is 0.165 e. The molecule has 0 aromatic carbocycles. The molecule has 2 rings (SSSR count). The molecular formula is C18H30O5. The maximum absolute atomic E-state index is 12.9. The van der Waals surface area contributed by atoms with Crippen LogP contribution in [0.1, 0.15) is 58.3 Å². The molecule has 2 fully saturated rings. The summed E-state index contributed by atoms with van der Waals surface area (Å²) in [6.45, 7) is 3.01. The summed E-state index contributed by atoms with van der Waals surface area (Å²) in [5.41, 5.74) is -1.38. The molecule has 1 heterocycles. The number of carbonyl (C=O) groups excluding carboxylic acids is 2. The van der Waals surface area contributed by atoms with Crippen molar-refractivity contribution in [2.24, 2.45) is 5.92 Å². The van der Waals surface area contributed by atoms with Crippen LogP contribution in [0.2, 0.25) is 0 Å². The van der Waals surface area contributed by atoms with Crippen LogP contribution in [0, 0.1) is 5.92 Å². The van der Waals surface area contributed by atoms with Gasteiger partial charge in [0, 0.05) is 53.1 Å². The Morgan fingerprint density at radius 3 is 2.26 bits per heavy atom. The second-order valence-electron chi connectivity index (χ2n) is 6.88. The highest BCUT2D eigenvalue weighted by molar-refractivity contribution is 5.89. The Hall–Kier alpha value is -0.780. The summed E-state index contributed by atoms with van der Waals surface area (Å²) >= 11 is 0. The zero-order valence-electron chi connectivity index (χ0n) is 14.7. The second-order valence-corrected chi connectivity index (χ2v) is 6.88. The average Bonchev–Trinajstić information content (AvgIpc) is 2.61. The van der Waals surface area contributed by atoms with Crippen LogP contribution in [0.25, 0.3) is 0 Å². The third-order valence-corrected chi connectivity index (χ3v) is 5.70. The highest BCUT2D eigenvalue weighted by Gasteiger charge is 2.45. The molecule has 1 saturated carbocycles. The molecule has 0 radical (unpaired) electrons. The molecule has 0 aromatic rings. The van der Waals surface area contributed by atoms with E-state index in [0.29, 0.717) is 45.3 Å². The van der Waals surface area contributed by atoms with Gasteiger partial charge < -0.3 is 14.2 Å². The van der Waals surface area contributed by atoms with Gasteiger partial charge in [-0.05, 0) is 31.6 Å². The van der Waals surface area contributed by atoms with Crippen molar-refractivity contribution in [2.75, 3.05) is 27.4 Å². The zero-order valence-corrected chi connectivity index (χ0v) is 14.7. The number of hydrogen-bond donors (Lipinski definition) is 0. The Morgan fingerprint density at radius 2 is 1.70 bits per heavy atom. The number of rotatable bonds is 7. The van der Waals surface area contributed by atoms with Gasteiger partial charge in [0.1, 0.15) is 11.2 Å². The minimum atomic E-state index is -0.694. The van der Waals surface area contributed by atoms with E-state index >= 15 is 0 Å². The predicted molar refractivity (Wildman–Crippen MR) is 86.4 cm³/mol. The first-order valence-electron chi connectivity index (χ1n) is 8.76. The molecule has 132 valence electrons. The lowest BCUT2D eigenvalue weighted by Crippen LogP contribution is -2.48. The number of carbonyl (C=O) groups is 2. The van der Waals surface area contributed by atoms with E-state index < -0.39 is 11.2 Å². The molecule has 0 aromatic heterocycles. The Kier molecular flexibility index (Phi) is 6.34. The van der Waals surface area contributed by atoms with Crippen LogP contribution in [0.15, 0.2) is 0 Å². The Balaban J connectivity index is 2.04. The molecule has 1 aliphatic carbocycles. The van der Waals surface area contributed by atoms with Crippen molar-refractivity contribution >= 4 is 11.6 Å². The van der Waals surface area contributed by atoms with Crippen LogP contribution in [0.5, 0.6) is 0 Å². The van der Waals surface area contributed by atoms with E-state index in [1.807, 2.05) is 6.92 Å². The van der Waals surface area contributed by atoms with Gasteiger partial charge in [-0.3, -0.25) is 9.59 Å². The van der Waals surface area contributed by atoms with Crippen molar-refractivity contribution in [2.45, 2.75) is 69.5 Å². The van der Waals surface area contributed by atoms with Gasteiger partial charge in [-0.25, -0.2) is 0 Å². The van der Waals surface area contributed by atoms with E-state index in [4.69, 9.17) is 14.2 Å². The number of ether oxygens (including phenoxy) is 3. The van der Waals surface area contributed by atoms with Crippen molar-refractivity contribution in [1.29, 1.82) is 0 Å². The summed E-state index contributed by atoms with van der Waals surface area (Å²) < 4.78 is 16.6.